The number of hydrogen-bond donors (Lipinski definition) is 1. The lowest BCUT2D eigenvalue weighted by Crippen LogP contribution is -2.49. The van der Waals surface area contributed by atoms with Gasteiger partial charge in [0.05, 0.1) is 42.2 Å². The van der Waals surface area contributed by atoms with Gasteiger partial charge in [-0.3, -0.25) is 9.58 Å². The Hall–Kier alpha value is -3.24. The number of carbonyl (C=O) groups excluding carboxylic acids is 2. The highest BCUT2D eigenvalue weighted by molar-refractivity contribution is 5.92. The van der Waals surface area contributed by atoms with E-state index in [9.17, 15) is 22.8 Å². The van der Waals surface area contributed by atoms with Gasteiger partial charge in [-0.25, -0.2) is 22.8 Å². The molecule has 4 atom stereocenters. The Morgan fingerprint density at radius 3 is 2.52 bits per heavy atom. The average Bonchev–Trinajstić information content (AvgIpc) is 3.54. The lowest BCUT2D eigenvalue weighted by atomic mass is 10.1. The Bertz CT molecular complexity index is 1130. The minimum Gasteiger partial charge on any atom is -0.444 e. The second kappa shape index (κ2) is 7.39. The SMILES string of the molecule is O=C(Nc1cc(F)c(F)c(F)c1)N1Cc2c(N3C(=O)O[C@@H]4CCC[C@@H]43)cnn2[C@@H]2CCC[C@@H]21. The molecule has 2 aromatic rings. The fourth-order valence-electron chi connectivity index (χ4n) is 5.85. The van der Waals surface area contributed by atoms with Gasteiger partial charge < -0.3 is 15.0 Å². The maximum Gasteiger partial charge on any atom is 0.415 e. The molecule has 11 heteroatoms. The topological polar surface area (TPSA) is 79.7 Å². The van der Waals surface area contributed by atoms with Crippen molar-refractivity contribution in [2.75, 3.05) is 10.2 Å². The first-order chi connectivity index (χ1) is 15.9. The molecule has 1 aromatic heterocycles. The Morgan fingerprint density at radius 2 is 1.73 bits per heavy atom. The number of rotatable bonds is 2. The molecule has 2 saturated carbocycles. The molecule has 1 N–H and O–H groups in total. The van der Waals surface area contributed by atoms with Crippen LogP contribution in [0, 0.1) is 17.5 Å². The highest BCUT2D eigenvalue weighted by Crippen LogP contribution is 2.44. The molecule has 2 aliphatic carbocycles. The standard InChI is InChI=1S/C22H22F3N5O3/c23-12-7-11(8-13(24)20(12)25)27-21(31)28-10-18-17(9-26-30(18)15-4-1-3-14(15)28)29-16-5-2-6-19(16)33-22(29)32/h7-9,14-16,19H,1-6,10H2,(H,27,31)/t14-,15+,16-,19+/m0/s1. The van der Waals surface area contributed by atoms with Gasteiger partial charge in [0.25, 0.3) is 0 Å². The lowest BCUT2D eigenvalue weighted by molar-refractivity contribution is 0.137. The number of amides is 3. The van der Waals surface area contributed by atoms with E-state index >= 15 is 0 Å². The number of aromatic nitrogens is 2. The summed E-state index contributed by atoms with van der Waals surface area (Å²) >= 11 is 0. The third-order valence-electron chi connectivity index (χ3n) is 7.31. The third-order valence-corrected chi connectivity index (χ3v) is 7.31. The van der Waals surface area contributed by atoms with Gasteiger partial charge in [0.1, 0.15) is 6.10 Å². The summed E-state index contributed by atoms with van der Waals surface area (Å²) in [5, 5.41) is 7.07. The first-order valence-electron chi connectivity index (χ1n) is 11.2. The number of nitrogens with one attached hydrogen (secondary N) is 1. The molecule has 6 rings (SSSR count). The minimum absolute atomic E-state index is 0.0415. The Labute approximate surface area is 187 Å². The zero-order valence-electron chi connectivity index (χ0n) is 17.6. The number of halogens is 3. The number of urea groups is 1. The van der Waals surface area contributed by atoms with E-state index in [4.69, 9.17) is 4.74 Å². The smallest absolute Gasteiger partial charge is 0.415 e. The molecule has 8 nitrogen and oxygen atoms in total. The molecule has 3 amide bonds. The number of fused-ring (bicyclic) bond motifs is 4. The number of nitrogens with zero attached hydrogens (tertiary/aromatic N) is 4. The summed E-state index contributed by atoms with van der Waals surface area (Å²) in [5.41, 5.74) is 1.20. The van der Waals surface area contributed by atoms with Gasteiger partial charge in [-0.2, -0.15) is 5.10 Å². The molecule has 1 saturated heterocycles. The summed E-state index contributed by atoms with van der Waals surface area (Å²) in [5.74, 6) is -4.33. The summed E-state index contributed by atoms with van der Waals surface area (Å²) in [4.78, 5) is 29.1. The van der Waals surface area contributed by atoms with Crippen molar-refractivity contribution in [1.29, 1.82) is 0 Å². The molecule has 0 unspecified atom stereocenters. The van der Waals surface area contributed by atoms with Crippen LogP contribution in [0.3, 0.4) is 0 Å². The van der Waals surface area contributed by atoms with Gasteiger partial charge in [0.2, 0.25) is 0 Å². The van der Waals surface area contributed by atoms with Crippen molar-refractivity contribution in [1.82, 2.24) is 14.7 Å². The molecule has 33 heavy (non-hydrogen) atoms. The van der Waals surface area contributed by atoms with E-state index in [0.717, 1.165) is 56.4 Å². The molecule has 1 aromatic carbocycles. The molecule has 174 valence electrons. The Morgan fingerprint density at radius 1 is 1.03 bits per heavy atom. The number of ether oxygens (including phenoxy) is 1. The number of benzene rings is 1. The summed E-state index contributed by atoms with van der Waals surface area (Å²) < 4.78 is 48.0. The zero-order chi connectivity index (χ0) is 22.9. The van der Waals surface area contributed by atoms with E-state index in [0.29, 0.717) is 5.69 Å². The van der Waals surface area contributed by atoms with Crippen molar-refractivity contribution in [3.63, 3.8) is 0 Å². The van der Waals surface area contributed by atoms with Crippen molar-refractivity contribution < 1.29 is 27.5 Å². The number of anilines is 2. The fourth-order valence-corrected chi connectivity index (χ4v) is 5.85. The largest absolute Gasteiger partial charge is 0.444 e. The summed E-state index contributed by atoms with van der Waals surface area (Å²) in [7, 11) is 0. The molecule has 4 aliphatic rings. The monoisotopic (exact) mass is 461 g/mol. The van der Waals surface area contributed by atoms with Crippen LogP contribution in [0.15, 0.2) is 18.3 Å². The normalized spacial score (nSPS) is 27.9. The molecule has 2 aliphatic heterocycles. The molecule has 0 bridgehead atoms. The van der Waals surface area contributed by atoms with Crippen molar-refractivity contribution in [2.45, 2.75) is 69.3 Å². The summed E-state index contributed by atoms with van der Waals surface area (Å²) in [6, 6.07) is 0.710. The van der Waals surface area contributed by atoms with Crippen molar-refractivity contribution in [3.8, 4) is 0 Å². The predicted molar refractivity (Wildman–Crippen MR) is 110 cm³/mol. The molecular formula is C22H22F3N5O3. The van der Waals surface area contributed by atoms with Crippen LogP contribution in [0.2, 0.25) is 0 Å². The van der Waals surface area contributed by atoms with E-state index in [1.54, 1.807) is 16.0 Å². The molecule has 0 radical (unpaired) electrons. The quantitative estimate of drug-likeness (QED) is 0.676. The maximum absolute atomic E-state index is 13.6. The summed E-state index contributed by atoms with van der Waals surface area (Å²) in [6.07, 6.45) is 6.27. The third kappa shape index (κ3) is 3.08. The molecule has 3 heterocycles. The second-order valence-electron chi connectivity index (χ2n) is 9.09. The maximum atomic E-state index is 13.6. The van der Waals surface area contributed by atoms with Gasteiger partial charge in [-0.1, -0.05) is 0 Å². The Kier molecular flexibility index (Phi) is 4.56. The van der Waals surface area contributed by atoms with E-state index in [1.807, 2.05) is 4.68 Å². The number of carbonyl (C=O) groups is 2. The zero-order valence-corrected chi connectivity index (χ0v) is 17.6. The van der Waals surface area contributed by atoms with Crippen LogP contribution in [0.1, 0.15) is 50.3 Å². The van der Waals surface area contributed by atoms with Crippen LogP contribution >= 0.6 is 0 Å². The molecular weight excluding hydrogens is 439 g/mol. The van der Waals surface area contributed by atoms with Gasteiger partial charge in [-0.05, 0) is 38.5 Å². The van der Waals surface area contributed by atoms with Crippen LogP contribution in [-0.4, -0.2) is 45.0 Å². The van der Waals surface area contributed by atoms with Crippen LogP contribution in [0.5, 0.6) is 0 Å². The first-order valence-corrected chi connectivity index (χ1v) is 11.2. The van der Waals surface area contributed by atoms with Crippen molar-refractivity contribution >= 4 is 23.5 Å². The van der Waals surface area contributed by atoms with Gasteiger partial charge in [0, 0.05) is 17.8 Å². The van der Waals surface area contributed by atoms with E-state index in [2.05, 4.69) is 10.4 Å². The first kappa shape index (κ1) is 20.4. The van der Waals surface area contributed by atoms with E-state index in [1.165, 1.54) is 0 Å². The highest BCUT2D eigenvalue weighted by atomic mass is 19.2. The van der Waals surface area contributed by atoms with Crippen LogP contribution < -0.4 is 10.2 Å². The minimum atomic E-state index is -1.59. The van der Waals surface area contributed by atoms with Crippen molar-refractivity contribution in [3.05, 3.63) is 41.5 Å². The van der Waals surface area contributed by atoms with E-state index < -0.39 is 29.6 Å². The van der Waals surface area contributed by atoms with Gasteiger partial charge in [0.15, 0.2) is 17.5 Å². The number of hydrogen-bond acceptors (Lipinski definition) is 4. The van der Waals surface area contributed by atoms with Crippen molar-refractivity contribution in [2.24, 2.45) is 0 Å². The Balaban J connectivity index is 1.32. The molecule has 3 fully saturated rings. The van der Waals surface area contributed by atoms with Gasteiger partial charge in [-0.15, -0.1) is 0 Å². The average molecular weight is 461 g/mol. The molecule has 0 spiro atoms. The van der Waals surface area contributed by atoms with Crippen LogP contribution in [0.4, 0.5) is 34.1 Å². The van der Waals surface area contributed by atoms with Gasteiger partial charge >= 0.3 is 12.1 Å². The van der Waals surface area contributed by atoms with Crippen LogP contribution in [-0.2, 0) is 11.3 Å². The summed E-state index contributed by atoms with van der Waals surface area (Å²) in [6.45, 7) is 0.176. The second-order valence-corrected chi connectivity index (χ2v) is 9.09. The predicted octanol–water partition coefficient (Wildman–Crippen LogP) is 4.32. The van der Waals surface area contributed by atoms with Crippen LogP contribution in [0.25, 0.3) is 0 Å². The lowest BCUT2D eigenvalue weighted by Gasteiger charge is -2.39. The van der Waals surface area contributed by atoms with E-state index in [-0.39, 0.29) is 36.5 Å². The fraction of sp³-hybridized carbons (Fsp3) is 0.500. The highest BCUT2D eigenvalue weighted by Gasteiger charge is 2.49.